The van der Waals surface area contributed by atoms with E-state index in [0.717, 1.165) is 10.9 Å². The number of alkyl halides is 1. The van der Waals surface area contributed by atoms with Crippen molar-refractivity contribution in [3.05, 3.63) is 11.3 Å². The first-order valence-corrected chi connectivity index (χ1v) is 4.16. The van der Waals surface area contributed by atoms with Crippen LogP contribution in [0.5, 0.6) is 0 Å². The van der Waals surface area contributed by atoms with E-state index in [0.29, 0.717) is 11.7 Å². The second kappa shape index (κ2) is 3.94. The van der Waals surface area contributed by atoms with Crippen LogP contribution < -0.4 is 0 Å². The SMILES string of the molecule is C/C(O)=C(/CBr)C(C)C. The highest BCUT2D eigenvalue weighted by Gasteiger charge is 2.03. The minimum Gasteiger partial charge on any atom is -0.513 e. The highest BCUT2D eigenvalue weighted by molar-refractivity contribution is 9.09. The van der Waals surface area contributed by atoms with E-state index in [4.69, 9.17) is 5.11 Å². The molecule has 0 aliphatic heterocycles. The second-order valence-electron chi connectivity index (χ2n) is 2.40. The first-order chi connectivity index (χ1) is 4.09. The summed E-state index contributed by atoms with van der Waals surface area (Å²) in [6, 6.07) is 0. The molecule has 0 radical (unpaired) electrons. The van der Waals surface area contributed by atoms with Gasteiger partial charge in [0.15, 0.2) is 0 Å². The summed E-state index contributed by atoms with van der Waals surface area (Å²) >= 11 is 3.30. The Morgan fingerprint density at radius 3 is 2.00 bits per heavy atom. The van der Waals surface area contributed by atoms with Gasteiger partial charge in [0.1, 0.15) is 0 Å². The Bertz CT molecular complexity index is 112. The molecular formula is C7H13BrO. The molecule has 0 saturated heterocycles. The third kappa shape index (κ3) is 2.89. The molecule has 0 bridgehead atoms. The van der Waals surface area contributed by atoms with Crippen LogP contribution in [0.3, 0.4) is 0 Å². The van der Waals surface area contributed by atoms with Crippen molar-refractivity contribution >= 4 is 15.9 Å². The van der Waals surface area contributed by atoms with Gasteiger partial charge < -0.3 is 5.11 Å². The van der Waals surface area contributed by atoms with Crippen molar-refractivity contribution in [3.63, 3.8) is 0 Å². The van der Waals surface area contributed by atoms with Gasteiger partial charge in [-0.05, 0) is 18.4 Å². The van der Waals surface area contributed by atoms with Crippen LogP contribution in [-0.4, -0.2) is 10.4 Å². The van der Waals surface area contributed by atoms with Crippen LogP contribution in [0, 0.1) is 5.92 Å². The predicted octanol–water partition coefficient (Wildman–Crippen LogP) is 2.87. The van der Waals surface area contributed by atoms with E-state index in [1.807, 2.05) is 0 Å². The largest absolute Gasteiger partial charge is 0.513 e. The van der Waals surface area contributed by atoms with E-state index in [-0.39, 0.29) is 0 Å². The average Bonchev–Trinajstić information content (AvgIpc) is 1.64. The Labute approximate surface area is 64.9 Å². The summed E-state index contributed by atoms with van der Waals surface area (Å²) in [5.74, 6) is 0.885. The lowest BCUT2D eigenvalue weighted by Gasteiger charge is -2.07. The molecule has 0 aliphatic carbocycles. The summed E-state index contributed by atoms with van der Waals surface area (Å²) in [6.07, 6.45) is 0. The van der Waals surface area contributed by atoms with Crippen molar-refractivity contribution in [3.8, 4) is 0 Å². The van der Waals surface area contributed by atoms with Crippen LogP contribution >= 0.6 is 15.9 Å². The zero-order valence-corrected chi connectivity index (χ0v) is 7.70. The van der Waals surface area contributed by atoms with E-state index in [1.165, 1.54) is 0 Å². The smallest absolute Gasteiger partial charge is 0.0894 e. The van der Waals surface area contributed by atoms with E-state index < -0.39 is 0 Å². The lowest BCUT2D eigenvalue weighted by Crippen LogP contribution is -1.98. The van der Waals surface area contributed by atoms with Crippen molar-refractivity contribution in [2.24, 2.45) is 5.92 Å². The fourth-order valence-electron chi connectivity index (χ4n) is 0.669. The molecule has 0 heterocycles. The van der Waals surface area contributed by atoms with Gasteiger partial charge in [-0.3, -0.25) is 0 Å². The lowest BCUT2D eigenvalue weighted by atomic mass is 10.0. The first kappa shape index (κ1) is 9.02. The van der Waals surface area contributed by atoms with Gasteiger partial charge in [-0.25, -0.2) is 0 Å². The molecule has 0 aliphatic rings. The zero-order valence-electron chi connectivity index (χ0n) is 6.11. The Kier molecular flexibility index (Phi) is 3.95. The molecule has 2 heteroatoms. The van der Waals surface area contributed by atoms with Crippen molar-refractivity contribution in [2.75, 3.05) is 5.33 Å². The van der Waals surface area contributed by atoms with Crippen molar-refractivity contribution in [1.29, 1.82) is 0 Å². The summed E-state index contributed by atoms with van der Waals surface area (Å²) in [7, 11) is 0. The lowest BCUT2D eigenvalue weighted by molar-refractivity contribution is 0.399. The molecule has 0 rings (SSSR count). The average molecular weight is 193 g/mol. The second-order valence-corrected chi connectivity index (χ2v) is 2.96. The van der Waals surface area contributed by atoms with E-state index in [2.05, 4.69) is 29.8 Å². The van der Waals surface area contributed by atoms with Gasteiger partial charge in [-0.15, -0.1) is 0 Å². The summed E-state index contributed by atoms with van der Waals surface area (Å²) in [4.78, 5) is 0. The predicted molar refractivity (Wildman–Crippen MR) is 44.0 cm³/mol. The summed E-state index contributed by atoms with van der Waals surface area (Å²) < 4.78 is 0. The molecule has 54 valence electrons. The maximum Gasteiger partial charge on any atom is 0.0894 e. The molecule has 0 amide bonds. The Morgan fingerprint density at radius 2 is 2.00 bits per heavy atom. The topological polar surface area (TPSA) is 20.2 Å². The summed E-state index contributed by atoms with van der Waals surface area (Å²) in [5.41, 5.74) is 1.08. The fraction of sp³-hybridized carbons (Fsp3) is 0.714. The minimum absolute atomic E-state index is 0.439. The van der Waals surface area contributed by atoms with E-state index in [9.17, 15) is 0 Å². The van der Waals surface area contributed by atoms with Crippen molar-refractivity contribution in [1.82, 2.24) is 0 Å². The van der Waals surface area contributed by atoms with Crippen molar-refractivity contribution < 1.29 is 5.11 Å². The van der Waals surface area contributed by atoms with Gasteiger partial charge in [-0.2, -0.15) is 0 Å². The van der Waals surface area contributed by atoms with Gasteiger partial charge in [-0.1, -0.05) is 29.8 Å². The van der Waals surface area contributed by atoms with Crippen LogP contribution in [-0.2, 0) is 0 Å². The number of aliphatic hydroxyl groups is 1. The maximum absolute atomic E-state index is 9.03. The third-order valence-corrected chi connectivity index (χ3v) is 1.91. The molecule has 0 saturated carbocycles. The molecule has 0 aromatic carbocycles. The summed E-state index contributed by atoms with van der Waals surface area (Å²) in [6.45, 7) is 5.85. The molecule has 0 spiro atoms. The number of hydrogen-bond acceptors (Lipinski definition) is 1. The van der Waals surface area contributed by atoms with Crippen LogP contribution in [0.2, 0.25) is 0 Å². The van der Waals surface area contributed by atoms with Crippen molar-refractivity contribution in [2.45, 2.75) is 20.8 Å². The van der Waals surface area contributed by atoms with E-state index in [1.54, 1.807) is 6.92 Å². The molecule has 0 fully saturated rings. The number of allylic oxidation sites excluding steroid dienone is 2. The molecule has 1 nitrogen and oxygen atoms in total. The standard InChI is InChI=1S/C7H13BrO/c1-5(2)7(4-8)6(3)9/h5,9H,4H2,1-3H3/b7-6+. The molecule has 1 N–H and O–H groups in total. The van der Waals surface area contributed by atoms with Crippen LogP contribution in [0.4, 0.5) is 0 Å². The van der Waals surface area contributed by atoms with Crippen LogP contribution in [0.1, 0.15) is 20.8 Å². The van der Waals surface area contributed by atoms with Gasteiger partial charge in [0, 0.05) is 5.33 Å². The number of halogens is 1. The van der Waals surface area contributed by atoms with Gasteiger partial charge in [0.05, 0.1) is 5.76 Å². The Balaban J connectivity index is 4.16. The molecule has 0 unspecified atom stereocenters. The quantitative estimate of drug-likeness (QED) is 0.528. The highest BCUT2D eigenvalue weighted by Crippen LogP contribution is 2.14. The molecule has 0 aromatic rings. The molecule has 0 aromatic heterocycles. The Morgan fingerprint density at radius 1 is 1.56 bits per heavy atom. The summed E-state index contributed by atoms with van der Waals surface area (Å²) in [5, 5.41) is 9.80. The molecule has 9 heavy (non-hydrogen) atoms. The highest BCUT2D eigenvalue weighted by atomic mass is 79.9. The maximum atomic E-state index is 9.03. The monoisotopic (exact) mass is 192 g/mol. The number of hydrogen-bond donors (Lipinski definition) is 1. The molecular weight excluding hydrogens is 180 g/mol. The minimum atomic E-state index is 0.439. The van der Waals surface area contributed by atoms with E-state index >= 15 is 0 Å². The van der Waals surface area contributed by atoms with Gasteiger partial charge in [0.2, 0.25) is 0 Å². The van der Waals surface area contributed by atoms with Crippen LogP contribution in [0.25, 0.3) is 0 Å². The first-order valence-electron chi connectivity index (χ1n) is 3.04. The number of aliphatic hydroxyl groups excluding tert-OH is 1. The third-order valence-electron chi connectivity index (χ3n) is 1.31. The fourth-order valence-corrected chi connectivity index (χ4v) is 1.72. The molecule has 0 atom stereocenters. The Hall–Kier alpha value is 0.0200. The zero-order chi connectivity index (χ0) is 7.44. The van der Waals surface area contributed by atoms with Gasteiger partial charge in [0.25, 0.3) is 0 Å². The van der Waals surface area contributed by atoms with Gasteiger partial charge >= 0.3 is 0 Å². The van der Waals surface area contributed by atoms with Crippen LogP contribution in [0.15, 0.2) is 11.3 Å². The normalized spacial score (nSPS) is 13.9. The number of rotatable bonds is 2.